The van der Waals surface area contributed by atoms with Crippen molar-refractivity contribution < 1.29 is 9.53 Å². The van der Waals surface area contributed by atoms with E-state index in [1.165, 1.54) is 0 Å². The van der Waals surface area contributed by atoms with Crippen LogP contribution in [0.4, 0.5) is 5.82 Å². The van der Waals surface area contributed by atoms with Crippen LogP contribution in [0, 0.1) is 6.92 Å². The van der Waals surface area contributed by atoms with Gasteiger partial charge < -0.3 is 15.4 Å². The van der Waals surface area contributed by atoms with Gasteiger partial charge in [0.1, 0.15) is 5.82 Å². The van der Waals surface area contributed by atoms with Crippen molar-refractivity contribution in [1.82, 2.24) is 20.3 Å². The molecule has 2 rings (SSSR count). The van der Waals surface area contributed by atoms with E-state index in [0.29, 0.717) is 37.8 Å². The number of anilines is 1. The highest BCUT2D eigenvalue weighted by Crippen LogP contribution is 2.16. The molecule has 0 aromatic carbocycles. The molecule has 0 radical (unpaired) electrons. The molecule has 23 heavy (non-hydrogen) atoms. The van der Waals surface area contributed by atoms with E-state index in [1.54, 1.807) is 19.5 Å². The summed E-state index contributed by atoms with van der Waals surface area (Å²) in [6, 6.07) is 5.58. The maximum Gasteiger partial charge on any atom is 0.221 e. The Hall–Kier alpha value is -2.54. The Balaban J connectivity index is 1.91. The molecule has 7 nitrogen and oxygen atoms in total. The number of nitrogens with one attached hydrogen (secondary N) is 2. The topological polar surface area (TPSA) is 89.0 Å². The number of aromatic nitrogens is 3. The molecule has 2 aromatic rings. The summed E-state index contributed by atoms with van der Waals surface area (Å²) in [7, 11) is 1.60. The second-order valence-corrected chi connectivity index (χ2v) is 4.97. The number of hydrogen-bond donors (Lipinski definition) is 2. The summed E-state index contributed by atoms with van der Waals surface area (Å²) in [5.41, 5.74) is 1.77. The Morgan fingerprint density at radius 1 is 1.22 bits per heavy atom. The summed E-state index contributed by atoms with van der Waals surface area (Å²) in [6.45, 7) is 3.45. The van der Waals surface area contributed by atoms with E-state index in [-0.39, 0.29) is 5.91 Å². The van der Waals surface area contributed by atoms with Crippen LogP contribution >= 0.6 is 0 Å². The van der Waals surface area contributed by atoms with Crippen LogP contribution in [0.25, 0.3) is 11.4 Å². The van der Waals surface area contributed by atoms with Crippen LogP contribution in [0.1, 0.15) is 12.1 Å². The number of pyridine rings is 1. The van der Waals surface area contributed by atoms with Gasteiger partial charge in [0.05, 0.1) is 6.61 Å². The van der Waals surface area contributed by atoms with Gasteiger partial charge >= 0.3 is 0 Å². The minimum atomic E-state index is -0.0188. The highest BCUT2D eigenvalue weighted by atomic mass is 16.5. The van der Waals surface area contributed by atoms with Gasteiger partial charge in [-0.25, -0.2) is 9.97 Å². The third-order valence-electron chi connectivity index (χ3n) is 3.08. The second kappa shape index (κ2) is 8.79. The molecule has 2 aromatic heterocycles. The first kappa shape index (κ1) is 16.8. The van der Waals surface area contributed by atoms with Gasteiger partial charge in [-0.3, -0.25) is 9.78 Å². The molecule has 0 spiro atoms. The number of carbonyl (C=O) groups excluding carboxylic acids is 1. The first-order chi connectivity index (χ1) is 11.2. The van der Waals surface area contributed by atoms with Crippen molar-refractivity contribution in [2.45, 2.75) is 13.3 Å². The molecule has 2 N–H and O–H groups in total. The molecule has 0 fully saturated rings. The summed E-state index contributed by atoms with van der Waals surface area (Å²) >= 11 is 0. The van der Waals surface area contributed by atoms with E-state index >= 15 is 0 Å². The summed E-state index contributed by atoms with van der Waals surface area (Å²) in [5, 5.41) is 5.93. The van der Waals surface area contributed by atoms with Gasteiger partial charge in [-0.2, -0.15) is 0 Å². The lowest BCUT2D eigenvalue weighted by atomic mass is 10.2. The van der Waals surface area contributed by atoms with Crippen LogP contribution in [0.2, 0.25) is 0 Å². The SMILES string of the molecule is COCCNC(=O)CCNc1cc(C)nc(-c2ccncc2)n1. The van der Waals surface area contributed by atoms with E-state index in [2.05, 4.69) is 25.6 Å². The molecule has 0 bridgehead atoms. The lowest BCUT2D eigenvalue weighted by Crippen LogP contribution is -2.28. The molecule has 2 heterocycles. The van der Waals surface area contributed by atoms with Gasteiger partial charge in [-0.15, -0.1) is 0 Å². The van der Waals surface area contributed by atoms with Crippen LogP contribution in [-0.4, -0.2) is 47.7 Å². The monoisotopic (exact) mass is 315 g/mol. The maximum absolute atomic E-state index is 11.6. The van der Waals surface area contributed by atoms with Crippen molar-refractivity contribution in [3.05, 3.63) is 36.3 Å². The second-order valence-electron chi connectivity index (χ2n) is 4.97. The lowest BCUT2D eigenvalue weighted by Gasteiger charge is -2.09. The zero-order valence-corrected chi connectivity index (χ0v) is 13.4. The van der Waals surface area contributed by atoms with Crippen molar-refractivity contribution in [3.8, 4) is 11.4 Å². The third kappa shape index (κ3) is 5.63. The van der Waals surface area contributed by atoms with E-state index in [4.69, 9.17) is 4.74 Å². The number of rotatable bonds is 8. The number of methoxy groups -OCH3 is 1. The average molecular weight is 315 g/mol. The van der Waals surface area contributed by atoms with Crippen LogP contribution < -0.4 is 10.6 Å². The highest BCUT2D eigenvalue weighted by molar-refractivity contribution is 5.76. The summed E-state index contributed by atoms with van der Waals surface area (Å²) in [4.78, 5) is 24.5. The van der Waals surface area contributed by atoms with Crippen LogP contribution in [-0.2, 0) is 9.53 Å². The van der Waals surface area contributed by atoms with E-state index in [1.807, 2.05) is 25.1 Å². The molecule has 7 heteroatoms. The minimum absolute atomic E-state index is 0.0188. The molecule has 0 saturated carbocycles. The van der Waals surface area contributed by atoms with E-state index < -0.39 is 0 Å². The van der Waals surface area contributed by atoms with Crippen molar-refractivity contribution in [2.24, 2.45) is 0 Å². The Morgan fingerprint density at radius 2 is 2.00 bits per heavy atom. The molecule has 0 aliphatic rings. The molecule has 1 amide bonds. The van der Waals surface area contributed by atoms with Crippen molar-refractivity contribution in [1.29, 1.82) is 0 Å². The minimum Gasteiger partial charge on any atom is -0.383 e. The number of carbonyl (C=O) groups is 1. The molecule has 122 valence electrons. The lowest BCUT2D eigenvalue weighted by molar-refractivity contribution is -0.121. The average Bonchev–Trinajstić information content (AvgIpc) is 2.55. The number of hydrogen-bond acceptors (Lipinski definition) is 6. The zero-order chi connectivity index (χ0) is 16.5. The van der Waals surface area contributed by atoms with Gasteiger partial charge in [0.25, 0.3) is 0 Å². The molecule has 0 aliphatic heterocycles. The Labute approximate surface area is 135 Å². The predicted octanol–water partition coefficient (Wildman–Crippen LogP) is 1.41. The fourth-order valence-electron chi connectivity index (χ4n) is 1.97. The fraction of sp³-hybridized carbons (Fsp3) is 0.375. The molecule has 0 aliphatic carbocycles. The normalized spacial score (nSPS) is 10.3. The summed E-state index contributed by atoms with van der Waals surface area (Å²) in [6.07, 6.45) is 3.79. The van der Waals surface area contributed by atoms with Crippen LogP contribution in [0.15, 0.2) is 30.6 Å². The predicted molar refractivity (Wildman–Crippen MR) is 88.0 cm³/mol. The number of amides is 1. The standard InChI is InChI=1S/C16H21N5O2/c1-12-11-14(18-8-5-15(22)19-9-10-23-2)21-16(20-12)13-3-6-17-7-4-13/h3-4,6-7,11H,5,8-10H2,1-2H3,(H,19,22)(H,18,20,21). The largest absolute Gasteiger partial charge is 0.383 e. The maximum atomic E-state index is 11.6. The van der Waals surface area contributed by atoms with Crippen molar-refractivity contribution in [2.75, 3.05) is 32.1 Å². The Kier molecular flexibility index (Phi) is 6.43. The third-order valence-corrected chi connectivity index (χ3v) is 3.08. The summed E-state index contributed by atoms with van der Waals surface area (Å²) in [5.74, 6) is 1.32. The molecular weight excluding hydrogens is 294 g/mol. The fourth-order valence-corrected chi connectivity index (χ4v) is 1.97. The highest BCUT2D eigenvalue weighted by Gasteiger charge is 2.06. The molecule has 0 unspecified atom stereocenters. The van der Waals surface area contributed by atoms with Gasteiger partial charge in [0.15, 0.2) is 5.82 Å². The van der Waals surface area contributed by atoms with E-state index in [9.17, 15) is 4.79 Å². The van der Waals surface area contributed by atoms with Gasteiger partial charge in [-0.1, -0.05) is 0 Å². The molecule has 0 saturated heterocycles. The van der Waals surface area contributed by atoms with Crippen LogP contribution in [0.3, 0.4) is 0 Å². The number of aryl methyl sites for hydroxylation is 1. The number of nitrogens with zero attached hydrogens (tertiary/aromatic N) is 3. The summed E-state index contributed by atoms with van der Waals surface area (Å²) < 4.78 is 4.88. The van der Waals surface area contributed by atoms with Gasteiger partial charge in [-0.05, 0) is 19.1 Å². The molecule has 0 atom stereocenters. The van der Waals surface area contributed by atoms with Gasteiger partial charge in [0.2, 0.25) is 5.91 Å². The Morgan fingerprint density at radius 3 is 2.74 bits per heavy atom. The Bertz CT molecular complexity index is 634. The van der Waals surface area contributed by atoms with E-state index in [0.717, 1.165) is 11.3 Å². The van der Waals surface area contributed by atoms with Crippen molar-refractivity contribution >= 4 is 11.7 Å². The number of ether oxygens (including phenoxy) is 1. The quantitative estimate of drug-likeness (QED) is 0.716. The first-order valence-electron chi connectivity index (χ1n) is 7.44. The first-order valence-corrected chi connectivity index (χ1v) is 7.44. The smallest absolute Gasteiger partial charge is 0.221 e. The van der Waals surface area contributed by atoms with Gasteiger partial charge in [0, 0.05) is 56.3 Å². The molecular formula is C16H21N5O2. The zero-order valence-electron chi connectivity index (χ0n) is 13.4. The van der Waals surface area contributed by atoms with Crippen molar-refractivity contribution in [3.63, 3.8) is 0 Å². The van der Waals surface area contributed by atoms with Crippen LogP contribution in [0.5, 0.6) is 0 Å².